The van der Waals surface area contributed by atoms with Crippen LogP contribution in [-0.2, 0) is 10.2 Å². The number of Topliss-reactive ketones (excluding diaryl/α,β-unsaturated/α-hetero) is 1. The minimum Gasteiger partial charge on any atom is -0.298 e. The van der Waals surface area contributed by atoms with E-state index in [0.29, 0.717) is 0 Å². The molecule has 3 aromatic rings. The van der Waals surface area contributed by atoms with Crippen molar-refractivity contribution < 1.29 is 4.79 Å². The summed E-state index contributed by atoms with van der Waals surface area (Å²) in [5.74, 6) is 0.171. The fourth-order valence-corrected chi connectivity index (χ4v) is 4.09. The minimum atomic E-state index is -0.696. The summed E-state index contributed by atoms with van der Waals surface area (Å²) in [5, 5.41) is 0. The summed E-state index contributed by atoms with van der Waals surface area (Å²) in [4.78, 5) is 13.0. The van der Waals surface area contributed by atoms with Crippen LogP contribution in [0, 0.1) is 6.92 Å². The first-order valence-corrected chi connectivity index (χ1v) is 7.94. The molecule has 1 aliphatic rings. The van der Waals surface area contributed by atoms with Crippen molar-refractivity contribution in [2.75, 3.05) is 0 Å². The average Bonchev–Trinajstić information content (AvgIpc) is 2.87. The van der Waals surface area contributed by atoms with Crippen molar-refractivity contribution in [3.63, 3.8) is 0 Å². The summed E-state index contributed by atoms with van der Waals surface area (Å²) in [6.45, 7) is 3.80. The fraction of sp³-hybridized carbons (Fsp3) is 0.136. The largest absolute Gasteiger partial charge is 0.298 e. The Morgan fingerprint density at radius 3 is 1.61 bits per heavy atom. The summed E-state index contributed by atoms with van der Waals surface area (Å²) in [6.07, 6.45) is 0. The van der Waals surface area contributed by atoms with E-state index in [0.717, 1.165) is 22.3 Å². The molecule has 0 spiro atoms. The standard InChI is InChI=1S/C22H18O/c1-15-9-3-6-12-19(15)22(16(2)23)20-13-7-4-10-17(20)18-11-5-8-14-21(18)22/h3-14H,1-2H3. The van der Waals surface area contributed by atoms with E-state index in [1.54, 1.807) is 6.92 Å². The number of carbonyl (C=O) groups is 1. The number of ketones is 1. The third-order valence-corrected chi connectivity index (χ3v) is 5.03. The number of aryl methyl sites for hydroxylation is 1. The monoisotopic (exact) mass is 298 g/mol. The molecule has 0 unspecified atom stereocenters. The molecular weight excluding hydrogens is 280 g/mol. The van der Waals surface area contributed by atoms with Crippen LogP contribution < -0.4 is 0 Å². The van der Waals surface area contributed by atoms with Gasteiger partial charge in [-0.25, -0.2) is 0 Å². The van der Waals surface area contributed by atoms with Crippen molar-refractivity contribution in [2.45, 2.75) is 19.3 Å². The molecule has 0 fully saturated rings. The summed E-state index contributed by atoms with van der Waals surface area (Å²) in [7, 11) is 0. The molecule has 4 rings (SSSR count). The van der Waals surface area contributed by atoms with Crippen LogP contribution in [0.25, 0.3) is 11.1 Å². The summed E-state index contributed by atoms with van der Waals surface area (Å²) in [5.41, 5.74) is 6.08. The molecule has 0 aromatic heterocycles. The predicted octanol–water partition coefficient (Wildman–Crippen LogP) is 4.90. The van der Waals surface area contributed by atoms with E-state index >= 15 is 0 Å². The third kappa shape index (κ3) is 1.71. The van der Waals surface area contributed by atoms with Crippen molar-refractivity contribution >= 4 is 5.78 Å². The highest BCUT2D eigenvalue weighted by Gasteiger charge is 2.48. The summed E-state index contributed by atoms with van der Waals surface area (Å²) < 4.78 is 0. The Kier molecular flexibility index (Phi) is 2.99. The molecule has 0 saturated heterocycles. The average molecular weight is 298 g/mol. The second-order valence-corrected chi connectivity index (χ2v) is 6.21. The van der Waals surface area contributed by atoms with Crippen LogP contribution >= 0.6 is 0 Å². The van der Waals surface area contributed by atoms with Crippen LogP contribution in [-0.4, -0.2) is 5.78 Å². The lowest BCUT2D eigenvalue weighted by molar-refractivity contribution is -0.119. The molecule has 0 atom stereocenters. The maximum absolute atomic E-state index is 13.0. The molecule has 23 heavy (non-hydrogen) atoms. The fourth-order valence-electron chi connectivity index (χ4n) is 4.09. The molecule has 112 valence electrons. The molecule has 0 bridgehead atoms. The zero-order valence-electron chi connectivity index (χ0n) is 13.3. The van der Waals surface area contributed by atoms with Crippen LogP contribution in [0.5, 0.6) is 0 Å². The smallest absolute Gasteiger partial charge is 0.149 e. The maximum Gasteiger partial charge on any atom is 0.149 e. The SMILES string of the molecule is CC(=O)C1(c2ccccc2C)c2ccccc2-c2ccccc21. The highest BCUT2D eigenvalue weighted by atomic mass is 16.1. The van der Waals surface area contributed by atoms with Gasteiger partial charge in [-0.2, -0.15) is 0 Å². The lowest BCUT2D eigenvalue weighted by Crippen LogP contribution is -2.35. The Hall–Kier alpha value is -2.67. The van der Waals surface area contributed by atoms with Crippen molar-refractivity contribution in [2.24, 2.45) is 0 Å². The highest BCUT2D eigenvalue weighted by Crippen LogP contribution is 2.53. The number of rotatable bonds is 2. The predicted molar refractivity (Wildman–Crippen MR) is 93.6 cm³/mol. The number of fused-ring (bicyclic) bond motifs is 3. The zero-order chi connectivity index (χ0) is 16.0. The van der Waals surface area contributed by atoms with Crippen molar-refractivity contribution in [1.29, 1.82) is 0 Å². The van der Waals surface area contributed by atoms with Gasteiger partial charge in [0.25, 0.3) is 0 Å². The number of benzene rings is 3. The molecule has 1 heteroatoms. The number of carbonyl (C=O) groups excluding carboxylic acids is 1. The molecule has 3 aromatic carbocycles. The van der Waals surface area contributed by atoms with Crippen LogP contribution in [0.4, 0.5) is 0 Å². The third-order valence-electron chi connectivity index (χ3n) is 5.03. The molecule has 0 saturated carbocycles. The van der Waals surface area contributed by atoms with Gasteiger partial charge in [-0.05, 0) is 47.2 Å². The van der Waals surface area contributed by atoms with Gasteiger partial charge in [0.15, 0.2) is 0 Å². The first-order valence-electron chi connectivity index (χ1n) is 7.94. The van der Waals surface area contributed by atoms with Gasteiger partial charge in [0.1, 0.15) is 11.2 Å². The van der Waals surface area contributed by atoms with Gasteiger partial charge < -0.3 is 0 Å². The normalized spacial score (nSPS) is 14.2. The minimum absolute atomic E-state index is 0.171. The van der Waals surface area contributed by atoms with E-state index in [-0.39, 0.29) is 5.78 Å². The molecule has 0 radical (unpaired) electrons. The number of hydrogen-bond acceptors (Lipinski definition) is 1. The molecule has 1 nitrogen and oxygen atoms in total. The van der Waals surface area contributed by atoms with Gasteiger partial charge in [-0.15, -0.1) is 0 Å². The van der Waals surface area contributed by atoms with E-state index in [2.05, 4.69) is 43.3 Å². The van der Waals surface area contributed by atoms with Crippen LogP contribution in [0.1, 0.15) is 29.2 Å². The van der Waals surface area contributed by atoms with E-state index < -0.39 is 5.41 Å². The van der Waals surface area contributed by atoms with E-state index in [1.165, 1.54) is 11.1 Å². The lowest BCUT2D eigenvalue weighted by atomic mass is 9.68. The van der Waals surface area contributed by atoms with Crippen LogP contribution in [0.2, 0.25) is 0 Å². The highest BCUT2D eigenvalue weighted by molar-refractivity contribution is 6.04. The molecule has 0 aliphatic heterocycles. The molecule has 0 heterocycles. The Bertz CT molecular complexity index is 875. The second kappa shape index (κ2) is 4.92. The van der Waals surface area contributed by atoms with Gasteiger partial charge in [0, 0.05) is 0 Å². The molecule has 1 aliphatic carbocycles. The van der Waals surface area contributed by atoms with Crippen LogP contribution in [0.15, 0.2) is 72.8 Å². The van der Waals surface area contributed by atoms with Crippen molar-refractivity contribution in [1.82, 2.24) is 0 Å². The summed E-state index contributed by atoms with van der Waals surface area (Å²) in [6, 6.07) is 24.8. The first-order chi connectivity index (χ1) is 11.2. The zero-order valence-corrected chi connectivity index (χ0v) is 13.3. The summed E-state index contributed by atoms with van der Waals surface area (Å²) >= 11 is 0. The molecular formula is C22H18O. The van der Waals surface area contributed by atoms with E-state index in [9.17, 15) is 4.79 Å². The van der Waals surface area contributed by atoms with Crippen molar-refractivity contribution in [3.8, 4) is 11.1 Å². The topological polar surface area (TPSA) is 17.1 Å². The Labute approximate surface area is 136 Å². The first kappa shape index (κ1) is 14.0. The van der Waals surface area contributed by atoms with Crippen molar-refractivity contribution in [3.05, 3.63) is 95.1 Å². The number of hydrogen-bond donors (Lipinski definition) is 0. The van der Waals surface area contributed by atoms with E-state index in [4.69, 9.17) is 0 Å². The van der Waals surface area contributed by atoms with Crippen LogP contribution in [0.3, 0.4) is 0 Å². The maximum atomic E-state index is 13.0. The second-order valence-electron chi connectivity index (χ2n) is 6.21. The van der Waals surface area contributed by atoms with Gasteiger partial charge >= 0.3 is 0 Å². The lowest BCUT2D eigenvalue weighted by Gasteiger charge is -2.31. The Morgan fingerprint density at radius 1 is 0.696 bits per heavy atom. The Morgan fingerprint density at radius 2 is 1.13 bits per heavy atom. The van der Waals surface area contributed by atoms with Gasteiger partial charge in [0.2, 0.25) is 0 Å². The quantitative estimate of drug-likeness (QED) is 0.657. The van der Waals surface area contributed by atoms with Gasteiger partial charge in [-0.3, -0.25) is 4.79 Å². The Balaban J connectivity index is 2.20. The molecule has 0 N–H and O–H groups in total. The van der Waals surface area contributed by atoms with Gasteiger partial charge in [-0.1, -0.05) is 72.8 Å². The molecule has 0 amide bonds. The van der Waals surface area contributed by atoms with E-state index in [1.807, 2.05) is 36.4 Å². The van der Waals surface area contributed by atoms with Gasteiger partial charge in [0.05, 0.1) is 0 Å².